The van der Waals surface area contributed by atoms with Gasteiger partial charge in [-0.15, -0.1) is 4.40 Å². The SMILES string of the molecule is N#Cc1ccc(Cn2c(=O)c(C3=NS(O)(O)c4ccccc4N3)c(O)c3cccnc32)cc1. The number of pyridine rings is 2. The molecule has 0 unspecified atom stereocenters. The summed E-state index contributed by atoms with van der Waals surface area (Å²) in [5, 5.41) is 23.3. The number of rotatable bonds is 3. The van der Waals surface area contributed by atoms with E-state index >= 15 is 0 Å². The van der Waals surface area contributed by atoms with Crippen molar-refractivity contribution < 1.29 is 14.2 Å². The summed E-state index contributed by atoms with van der Waals surface area (Å²) in [4.78, 5) is 18.1. The third-order valence-corrected chi connectivity index (χ3v) is 6.69. The number of hydrogen-bond donors (Lipinski definition) is 4. The second-order valence-corrected chi connectivity index (χ2v) is 9.04. The van der Waals surface area contributed by atoms with Crippen LogP contribution in [0.2, 0.25) is 0 Å². The van der Waals surface area contributed by atoms with E-state index in [0.29, 0.717) is 16.6 Å². The Bertz CT molecular complexity index is 1540. The molecule has 0 amide bonds. The van der Waals surface area contributed by atoms with Crippen molar-refractivity contribution in [2.45, 2.75) is 11.4 Å². The molecule has 9 nitrogen and oxygen atoms in total. The van der Waals surface area contributed by atoms with E-state index in [4.69, 9.17) is 5.26 Å². The lowest BCUT2D eigenvalue weighted by molar-refractivity contribution is 0.477. The Balaban J connectivity index is 1.72. The van der Waals surface area contributed by atoms with Crippen LogP contribution in [0.4, 0.5) is 5.69 Å². The number of aromatic hydroxyl groups is 1. The van der Waals surface area contributed by atoms with Gasteiger partial charge in [-0.05, 0) is 42.0 Å². The molecule has 1 aliphatic heterocycles. The minimum atomic E-state index is -3.59. The zero-order valence-electron chi connectivity index (χ0n) is 17.0. The van der Waals surface area contributed by atoms with Gasteiger partial charge in [-0.3, -0.25) is 18.5 Å². The van der Waals surface area contributed by atoms with Gasteiger partial charge in [0, 0.05) is 6.20 Å². The summed E-state index contributed by atoms with van der Waals surface area (Å²) in [6.07, 6.45) is 1.51. The maximum atomic E-state index is 13.6. The Labute approximate surface area is 189 Å². The molecule has 4 aromatic rings. The molecule has 0 saturated carbocycles. The average Bonchev–Trinajstić information content (AvgIpc) is 2.82. The second kappa shape index (κ2) is 7.75. The minimum Gasteiger partial charge on any atom is -0.506 e. The zero-order chi connectivity index (χ0) is 23.2. The molecule has 1 aliphatic rings. The van der Waals surface area contributed by atoms with Crippen LogP contribution in [0.3, 0.4) is 0 Å². The van der Waals surface area contributed by atoms with Crippen molar-refractivity contribution in [3.63, 3.8) is 0 Å². The van der Waals surface area contributed by atoms with Crippen LogP contribution < -0.4 is 10.9 Å². The number of fused-ring (bicyclic) bond motifs is 2. The van der Waals surface area contributed by atoms with Crippen LogP contribution in [0, 0.1) is 11.3 Å². The van der Waals surface area contributed by atoms with Gasteiger partial charge < -0.3 is 10.4 Å². The van der Waals surface area contributed by atoms with Crippen molar-refractivity contribution in [2.75, 3.05) is 5.32 Å². The maximum Gasteiger partial charge on any atom is 0.267 e. The number of nitriles is 1. The Morgan fingerprint density at radius 1 is 1.06 bits per heavy atom. The predicted octanol–water partition coefficient (Wildman–Crippen LogP) is 3.92. The molecule has 0 radical (unpaired) electrons. The Morgan fingerprint density at radius 3 is 2.58 bits per heavy atom. The molecular formula is C23H17N5O4S. The first-order valence-electron chi connectivity index (χ1n) is 9.83. The zero-order valence-corrected chi connectivity index (χ0v) is 17.8. The number of amidine groups is 1. The summed E-state index contributed by atoms with van der Waals surface area (Å²) in [6, 6.07) is 18.6. The molecule has 0 saturated heterocycles. The molecule has 0 bridgehead atoms. The number of nitrogens with zero attached hydrogens (tertiary/aromatic N) is 4. The number of nitrogens with one attached hydrogen (secondary N) is 1. The summed E-state index contributed by atoms with van der Waals surface area (Å²) >= 11 is 0. The topological polar surface area (TPSA) is 144 Å². The molecule has 0 aliphatic carbocycles. The molecule has 10 heteroatoms. The van der Waals surface area contributed by atoms with Gasteiger partial charge in [-0.25, -0.2) is 4.98 Å². The molecule has 2 aromatic heterocycles. The van der Waals surface area contributed by atoms with E-state index in [2.05, 4.69) is 20.8 Å². The Morgan fingerprint density at radius 2 is 1.82 bits per heavy atom. The lowest BCUT2D eigenvalue weighted by Gasteiger charge is -2.34. The highest BCUT2D eigenvalue weighted by Crippen LogP contribution is 2.55. The van der Waals surface area contributed by atoms with Crippen molar-refractivity contribution in [1.82, 2.24) is 9.55 Å². The molecule has 4 N–H and O–H groups in total. The van der Waals surface area contributed by atoms with Crippen molar-refractivity contribution in [1.29, 1.82) is 5.26 Å². The lowest BCUT2D eigenvalue weighted by Crippen LogP contribution is -2.32. The molecule has 0 fully saturated rings. The highest BCUT2D eigenvalue weighted by Gasteiger charge is 2.30. The van der Waals surface area contributed by atoms with Gasteiger partial charge in [0.05, 0.1) is 29.3 Å². The van der Waals surface area contributed by atoms with Crippen molar-refractivity contribution in [3.05, 3.63) is 93.9 Å². The maximum absolute atomic E-state index is 13.6. The molecule has 2 aromatic carbocycles. The summed E-state index contributed by atoms with van der Waals surface area (Å²) in [5.74, 6) is -0.504. The van der Waals surface area contributed by atoms with Gasteiger partial charge in [0.25, 0.3) is 5.56 Å². The summed E-state index contributed by atoms with van der Waals surface area (Å²) < 4.78 is 26.6. The molecule has 164 valence electrons. The average molecular weight is 459 g/mol. The Kier molecular flexibility index (Phi) is 4.87. The van der Waals surface area contributed by atoms with E-state index in [1.165, 1.54) is 16.8 Å². The predicted molar refractivity (Wildman–Crippen MR) is 126 cm³/mol. The van der Waals surface area contributed by atoms with Gasteiger partial charge >= 0.3 is 0 Å². The van der Waals surface area contributed by atoms with Gasteiger partial charge in [-0.2, -0.15) is 5.26 Å². The fraction of sp³-hybridized carbons (Fsp3) is 0.0435. The van der Waals surface area contributed by atoms with Gasteiger partial charge in [0.2, 0.25) is 0 Å². The molecular weight excluding hydrogens is 442 g/mol. The van der Waals surface area contributed by atoms with Crippen LogP contribution in [0.1, 0.15) is 16.7 Å². The largest absolute Gasteiger partial charge is 0.506 e. The van der Waals surface area contributed by atoms with Crippen LogP contribution in [-0.2, 0) is 6.54 Å². The highest BCUT2D eigenvalue weighted by molar-refractivity contribution is 8.23. The fourth-order valence-electron chi connectivity index (χ4n) is 3.74. The smallest absolute Gasteiger partial charge is 0.267 e. The second-order valence-electron chi connectivity index (χ2n) is 7.38. The first-order chi connectivity index (χ1) is 15.9. The molecule has 0 atom stereocenters. The van der Waals surface area contributed by atoms with Crippen molar-refractivity contribution in [2.24, 2.45) is 4.40 Å². The van der Waals surface area contributed by atoms with Gasteiger partial charge in [0.1, 0.15) is 21.9 Å². The summed E-state index contributed by atoms with van der Waals surface area (Å²) in [6.45, 7) is 0.117. The Hall–Kier alpha value is -4.17. The van der Waals surface area contributed by atoms with Gasteiger partial charge in [-0.1, -0.05) is 35.0 Å². The van der Waals surface area contributed by atoms with Crippen LogP contribution in [0.15, 0.2) is 80.9 Å². The first kappa shape index (κ1) is 20.7. The number of aromatic nitrogens is 2. The molecule has 33 heavy (non-hydrogen) atoms. The van der Waals surface area contributed by atoms with E-state index in [-0.39, 0.29) is 34.2 Å². The van der Waals surface area contributed by atoms with Crippen LogP contribution >= 0.6 is 10.8 Å². The summed E-state index contributed by atoms with van der Waals surface area (Å²) in [7, 11) is -3.59. The van der Waals surface area contributed by atoms with E-state index < -0.39 is 16.3 Å². The quantitative estimate of drug-likeness (QED) is 0.363. The van der Waals surface area contributed by atoms with Crippen LogP contribution in [0.25, 0.3) is 11.0 Å². The third-order valence-electron chi connectivity index (χ3n) is 5.31. The van der Waals surface area contributed by atoms with Crippen molar-refractivity contribution in [3.8, 4) is 11.8 Å². The highest BCUT2D eigenvalue weighted by atomic mass is 32.3. The minimum absolute atomic E-state index is 0.117. The molecule has 0 spiro atoms. The van der Waals surface area contributed by atoms with Crippen LogP contribution in [0.5, 0.6) is 5.75 Å². The van der Waals surface area contributed by atoms with E-state index in [0.717, 1.165) is 5.56 Å². The van der Waals surface area contributed by atoms with Crippen LogP contribution in [-0.4, -0.2) is 29.6 Å². The lowest BCUT2D eigenvalue weighted by atomic mass is 10.1. The van der Waals surface area contributed by atoms with E-state index in [1.54, 1.807) is 54.6 Å². The van der Waals surface area contributed by atoms with Gasteiger partial charge in [0.15, 0.2) is 5.84 Å². The fourth-order valence-corrected chi connectivity index (χ4v) is 4.90. The van der Waals surface area contributed by atoms with Crippen molar-refractivity contribution >= 4 is 33.3 Å². The first-order valence-corrected chi connectivity index (χ1v) is 11.3. The standard InChI is InChI=1S/C23H17N5O4S/c24-12-14-7-9-15(10-8-14)13-28-22-16(4-3-11-25-22)20(29)19(23(28)30)21-26-17-5-1-2-6-18(17)33(31,32)27-21/h1-11,29,31-32H,13H2,(H,26,27). The van der Waals surface area contributed by atoms with E-state index in [1.807, 2.05) is 0 Å². The normalized spacial score (nSPS) is 15.1. The monoisotopic (exact) mass is 459 g/mol. The molecule has 5 rings (SSSR count). The number of anilines is 1. The third kappa shape index (κ3) is 3.50. The number of para-hydroxylation sites is 1. The number of benzene rings is 2. The van der Waals surface area contributed by atoms with E-state index in [9.17, 15) is 19.0 Å². The number of hydrogen-bond acceptors (Lipinski definition) is 8. The molecule has 3 heterocycles. The summed E-state index contributed by atoms with van der Waals surface area (Å²) in [5.41, 5.74) is 1.07.